The van der Waals surface area contributed by atoms with Gasteiger partial charge in [0.1, 0.15) is 6.07 Å². The Morgan fingerprint density at radius 2 is 1.93 bits per heavy atom. The molecule has 2 fully saturated rings. The Bertz CT molecular complexity index is 1100. The molecule has 2 aliphatic rings. The summed E-state index contributed by atoms with van der Waals surface area (Å²) in [6.45, 7) is 1.92. The first-order valence-corrected chi connectivity index (χ1v) is 11.4. The fourth-order valence-corrected chi connectivity index (χ4v) is 5.04. The first-order valence-electron chi connectivity index (χ1n) is 9.85. The highest BCUT2D eigenvalue weighted by atomic mass is 32.2. The van der Waals surface area contributed by atoms with Gasteiger partial charge >= 0.3 is 0 Å². The number of nitrogens with zero attached hydrogens (tertiary/aromatic N) is 4. The number of nitriles is 1. The molecule has 1 aliphatic carbocycles. The molecule has 1 aromatic carbocycles. The van der Waals surface area contributed by atoms with E-state index in [1.165, 1.54) is 4.31 Å². The van der Waals surface area contributed by atoms with Crippen molar-refractivity contribution in [1.82, 2.24) is 9.29 Å². The molecule has 160 valence electrons. The van der Waals surface area contributed by atoms with Gasteiger partial charge in [0.25, 0.3) is 10.2 Å². The highest BCUT2D eigenvalue weighted by Crippen LogP contribution is 2.40. The monoisotopic (exact) mass is 431 g/mol. The van der Waals surface area contributed by atoms with Crippen LogP contribution in [0.1, 0.15) is 24.8 Å². The van der Waals surface area contributed by atoms with Gasteiger partial charge in [0.15, 0.2) is 11.5 Å². The van der Waals surface area contributed by atoms with Crippen molar-refractivity contribution in [3.05, 3.63) is 23.9 Å². The van der Waals surface area contributed by atoms with Crippen LogP contribution < -0.4 is 19.5 Å². The van der Waals surface area contributed by atoms with Crippen LogP contribution in [0.4, 0.5) is 5.69 Å². The van der Waals surface area contributed by atoms with E-state index < -0.39 is 10.2 Å². The van der Waals surface area contributed by atoms with E-state index in [0.717, 1.165) is 48.9 Å². The lowest BCUT2D eigenvalue weighted by molar-refractivity contribution is 0.320. The molecule has 0 atom stereocenters. The average molecular weight is 432 g/mol. The van der Waals surface area contributed by atoms with Crippen LogP contribution in [0.2, 0.25) is 0 Å². The molecule has 1 saturated heterocycles. The Morgan fingerprint density at radius 3 is 2.50 bits per heavy atom. The summed E-state index contributed by atoms with van der Waals surface area (Å²) in [6, 6.07) is 5.94. The highest BCUT2D eigenvalue weighted by Gasteiger charge is 2.37. The van der Waals surface area contributed by atoms with Crippen molar-refractivity contribution in [3.63, 3.8) is 0 Å². The van der Waals surface area contributed by atoms with Gasteiger partial charge in [-0.25, -0.2) is 5.14 Å². The number of hydrogen-bond acceptors (Lipinski definition) is 7. The fraction of sp³-hybridized carbons (Fsp3) is 0.500. The van der Waals surface area contributed by atoms with Crippen LogP contribution in [0, 0.1) is 17.2 Å². The number of rotatable bonds is 8. The van der Waals surface area contributed by atoms with Crippen molar-refractivity contribution in [2.45, 2.75) is 25.3 Å². The van der Waals surface area contributed by atoms with Crippen molar-refractivity contribution >= 4 is 26.8 Å². The molecule has 4 rings (SSSR count). The van der Waals surface area contributed by atoms with E-state index in [-0.39, 0.29) is 6.04 Å². The normalized spacial score (nSPS) is 17.1. The first-order chi connectivity index (χ1) is 14.4. The number of nitrogens with two attached hydrogens (primary N) is 1. The van der Waals surface area contributed by atoms with Crippen molar-refractivity contribution in [3.8, 4) is 17.6 Å². The summed E-state index contributed by atoms with van der Waals surface area (Å²) in [5.74, 6) is 1.49. The van der Waals surface area contributed by atoms with E-state index in [9.17, 15) is 13.7 Å². The molecule has 2 aromatic rings. The van der Waals surface area contributed by atoms with Gasteiger partial charge in [0.05, 0.1) is 31.0 Å². The number of hydrogen-bond donors (Lipinski definition) is 1. The lowest BCUT2D eigenvalue weighted by Gasteiger charge is -2.42. The fourth-order valence-electron chi connectivity index (χ4n) is 4.05. The second-order valence-corrected chi connectivity index (χ2v) is 9.30. The largest absolute Gasteiger partial charge is 0.493 e. The van der Waals surface area contributed by atoms with Gasteiger partial charge in [-0.05, 0) is 31.2 Å². The molecule has 0 amide bonds. The molecule has 2 heterocycles. The van der Waals surface area contributed by atoms with E-state index in [1.807, 2.05) is 6.07 Å². The van der Waals surface area contributed by atoms with E-state index in [4.69, 9.17) is 14.6 Å². The molecule has 0 spiro atoms. The van der Waals surface area contributed by atoms with Crippen molar-refractivity contribution in [1.29, 1.82) is 5.26 Å². The second-order valence-electron chi connectivity index (χ2n) is 7.80. The smallest absolute Gasteiger partial charge is 0.277 e. The maximum Gasteiger partial charge on any atom is 0.277 e. The number of benzene rings is 1. The third-order valence-electron chi connectivity index (χ3n) is 5.78. The standard InChI is InChI=1S/C20H25N5O4S/c1-28-18-7-16-17(8-19(18)29-2)23-10-14(9-21)20(16)24-11-13(12-24)5-6-25(15-3-4-15)30(22,26)27/h7-8,10,13,15H,3-6,11-12H2,1-2H3,(H2,22,26,27). The quantitative estimate of drug-likeness (QED) is 0.674. The van der Waals surface area contributed by atoms with Crippen molar-refractivity contribution in [2.75, 3.05) is 38.8 Å². The molecule has 1 aliphatic heterocycles. The summed E-state index contributed by atoms with van der Waals surface area (Å²) < 4.78 is 35.8. The lowest BCUT2D eigenvalue weighted by Crippen LogP contribution is -2.49. The highest BCUT2D eigenvalue weighted by molar-refractivity contribution is 7.86. The number of fused-ring (bicyclic) bond motifs is 1. The summed E-state index contributed by atoms with van der Waals surface area (Å²) in [5.41, 5.74) is 2.04. The summed E-state index contributed by atoms with van der Waals surface area (Å²) in [6.07, 6.45) is 4.08. The zero-order valence-corrected chi connectivity index (χ0v) is 17.9. The van der Waals surface area contributed by atoms with Gasteiger partial charge in [-0.2, -0.15) is 18.0 Å². The zero-order chi connectivity index (χ0) is 21.5. The zero-order valence-electron chi connectivity index (χ0n) is 17.0. The molecule has 0 bridgehead atoms. The molecule has 0 radical (unpaired) electrons. The second kappa shape index (κ2) is 7.91. The van der Waals surface area contributed by atoms with E-state index in [1.54, 1.807) is 26.5 Å². The number of pyridine rings is 1. The third-order valence-corrected chi connectivity index (χ3v) is 6.91. The molecule has 9 nitrogen and oxygen atoms in total. The average Bonchev–Trinajstić information content (AvgIpc) is 3.51. The summed E-state index contributed by atoms with van der Waals surface area (Å²) in [7, 11) is -0.517. The Hall–Kier alpha value is -2.61. The SMILES string of the molecule is COc1cc2ncc(C#N)c(N3CC(CCN(C4CC4)S(N)(=O)=O)C3)c2cc1OC. The van der Waals surface area contributed by atoms with E-state index in [2.05, 4.69) is 16.0 Å². The number of anilines is 1. The minimum atomic E-state index is -3.66. The molecule has 1 aromatic heterocycles. The van der Waals surface area contributed by atoms with Gasteiger partial charge in [-0.1, -0.05) is 0 Å². The van der Waals surface area contributed by atoms with Gasteiger partial charge in [0, 0.05) is 43.3 Å². The molecular formula is C20H25N5O4S. The van der Waals surface area contributed by atoms with E-state index >= 15 is 0 Å². The van der Waals surface area contributed by atoms with Crippen molar-refractivity contribution in [2.24, 2.45) is 11.1 Å². The number of aromatic nitrogens is 1. The Labute approximate surface area is 176 Å². The number of methoxy groups -OCH3 is 2. The predicted octanol–water partition coefficient (Wildman–Crippen LogP) is 1.62. The van der Waals surface area contributed by atoms with Gasteiger partial charge in [0.2, 0.25) is 0 Å². The molecule has 2 N–H and O–H groups in total. The Balaban J connectivity index is 1.53. The summed E-state index contributed by atoms with van der Waals surface area (Å²) >= 11 is 0. The maximum atomic E-state index is 11.8. The van der Waals surface area contributed by atoms with Crippen LogP contribution in [0.25, 0.3) is 10.9 Å². The van der Waals surface area contributed by atoms with Crippen molar-refractivity contribution < 1.29 is 17.9 Å². The minimum Gasteiger partial charge on any atom is -0.493 e. The van der Waals surface area contributed by atoms with Crippen LogP contribution >= 0.6 is 0 Å². The van der Waals surface area contributed by atoms with Crippen LogP contribution in [-0.4, -0.2) is 57.6 Å². The Kier molecular flexibility index (Phi) is 5.44. The summed E-state index contributed by atoms with van der Waals surface area (Å²) in [5, 5.41) is 15.8. The predicted molar refractivity (Wildman–Crippen MR) is 113 cm³/mol. The topological polar surface area (TPSA) is 122 Å². The number of ether oxygens (including phenoxy) is 2. The van der Waals surface area contributed by atoms with E-state index in [0.29, 0.717) is 29.5 Å². The molecule has 10 heteroatoms. The molecule has 1 saturated carbocycles. The first kappa shape index (κ1) is 20.7. The van der Waals surface area contributed by atoms with Crippen LogP contribution in [0.15, 0.2) is 18.3 Å². The Morgan fingerprint density at radius 1 is 1.27 bits per heavy atom. The minimum absolute atomic E-state index is 0.0629. The summed E-state index contributed by atoms with van der Waals surface area (Å²) in [4.78, 5) is 6.53. The van der Waals surface area contributed by atoms with Crippen LogP contribution in [0.3, 0.4) is 0 Å². The molecule has 0 unspecified atom stereocenters. The lowest BCUT2D eigenvalue weighted by atomic mass is 9.93. The third kappa shape index (κ3) is 3.88. The van der Waals surface area contributed by atoms with Crippen LogP contribution in [-0.2, 0) is 10.2 Å². The van der Waals surface area contributed by atoms with Gasteiger partial charge in [-0.3, -0.25) is 4.98 Å². The van der Waals surface area contributed by atoms with Crippen LogP contribution in [0.5, 0.6) is 11.5 Å². The van der Waals surface area contributed by atoms with Gasteiger partial charge < -0.3 is 14.4 Å². The maximum absolute atomic E-state index is 11.8. The molecular weight excluding hydrogens is 406 g/mol. The molecule has 30 heavy (non-hydrogen) atoms. The van der Waals surface area contributed by atoms with Gasteiger partial charge in [-0.15, -0.1) is 0 Å².